The summed E-state index contributed by atoms with van der Waals surface area (Å²) in [6.07, 6.45) is 3.89. The van der Waals surface area contributed by atoms with Crippen LogP contribution in [0.25, 0.3) is 0 Å². The maximum absolute atomic E-state index is 12.9. The van der Waals surface area contributed by atoms with Crippen LogP contribution in [-0.4, -0.2) is 44.5 Å². The van der Waals surface area contributed by atoms with Gasteiger partial charge in [0.25, 0.3) is 0 Å². The van der Waals surface area contributed by atoms with Gasteiger partial charge >= 0.3 is 5.97 Å². The van der Waals surface area contributed by atoms with Crippen LogP contribution in [-0.2, 0) is 23.5 Å². The fourth-order valence-corrected chi connectivity index (χ4v) is 5.05. The van der Waals surface area contributed by atoms with Crippen LogP contribution in [0, 0.1) is 11.8 Å². The predicted molar refractivity (Wildman–Crippen MR) is 140 cm³/mol. The first-order valence-electron chi connectivity index (χ1n) is 12.3. The number of esters is 1. The van der Waals surface area contributed by atoms with Crippen molar-refractivity contribution >= 4 is 20.1 Å². The average molecular weight is 489 g/mol. The number of fused-ring (bicyclic) bond motifs is 1. The molecule has 2 rings (SSSR count). The third-order valence-electron chi connectivity index (χ3n) is 7.64. The van der Waals surface area contributed by atoms with Gasteiger partial charge in [0.2, 0.25) is 0 Å². The summed E-state index contributed by atoms with van der Waals surface area (Å²) in [7, 11) is -2.08. The van der Waals surface area contributed by atoms with Gasteiger partial charge < -0.3 is 13.9 Å². The molecule has 0 bridgehead atoms. The summed E-state index contributed by atoms with van der Waals surface area (Å²) in [4.78, 5) is 25.5. The monoisotopic (exact) mass is 488 g/mol. The zero-order valence-corrected chi connectivity index (χ0v) is 23.4. The van der Waals surface area contributed by atoms with Gasteiger partial charge in [0.15, 0.2) is 14.1 Å². The average Bonchev–Trinajstić information content (AvgIpc) is 3.46. The molecule has 2 aliphatic heterocycles. The second-order valence-electron chi connectivity index (χ2n) is 11.6. The van der Waals surface area contributed by atoms with Crippen molar-refractivity contribution in [2.45, 2.75) is 103 Å². The Balaban J connectivity index is 2.33. The predicted octanol–water partition coefficient (Wildman–Crippen LogP) is 6.33. The van der Waals surface area contributed by atoms with Crippen LogP contribution in [0.4, 0.5) is 0 Å². The maximum atomic E-state index is 12.9. The molecule has 34 heavy (non-hydrogen) atoms. The number of epoxide rings is 1. The van der Waals surface area contributed by atoms with Gasteiger partial charge in [-0.15, -0.1) is 0 Å². The van der Waals surface area contributed by atoms with E-state index in [4.69, 9.17) is 13.9 Å². The summed E-state index contributed by atoms with van der Waals surface area (Å²) < 4.78 is 18.5. The van der Waals surface area contributed by atoms with Gasteiger partial charge in [-0.3, -0.25) is 9.59 Å². The first kappa shape index (κ1) is 28.5. The molecule has 190 valence electrons. The molecular formula is C28H44O5Si. The topological polar surface area (TPSA) is 65.1 Å². The van der Waals surface area contributed by atoms with Crippen molar-refractivity contribution in [1.82, 2.24) is 0 Å². The molecule has 0 unspecified atom stereocenters. The van der Waals surface area contributed by atoms with Crippen molar-refractivity contribution in [3.8, 4) is 0 Å². The van der Waals surface area contributed by atoms with E-state index in [1.165, 1.54) is 0 Å². The van der Waals surface area contributed by atoms with Crippen molar-refractivity contribution in [3.63, 3.8) is 0 Å². The van der Waals surface area contributed by atoms with E-state index in [9.17, 15) is 9.59 Å². The molecule has 2 heterocycles. The molecule has 0 aliphatic carbocycles. The highest BCUT2D eigenvalue weighted by molar-refractivity contribution is 6.74. The molecule has 1 saturated heterocycles. The van der Waals surface area contributed by atoms with E-state index in [2.05, 4.69) is 53.6 Å². The molecule has 0 amide bonds. The van der Waals surface area contributed by atoms with Crippen LogP contribution in [0.3, 0.4) is 0 Å². The van der Waals surface area contributed by atoms with Gasteiger partial charge in [0, 0.05) is 18.3 Å². The number of rotatable bonds is 4. The highest BCUT2D eigenvalue weighted by Gasteiger charge is 2.49. The Morgan fingerprint density at radius 2 is 1.82 bits per heavy atom. The summed E-state index contributed by atoms with van der Waals surface area (Å²) in [5.74, 6) is -1.28. The second kappa shape index (κ2) is 10.9. The Hall–Kier alpha value is -1.76. The lowest BCUT2D eigenvalue weighted by molar-refractivity contribution is -0.150. The SMILES string of the molecule is C=C1/C=C/[C@@H]([C@H](C)C(=C)C)OC(=O)CC(=O)[C@H](C)C(=C)C[C@H](O[Si](C)(C)C(C)(C)C)[C@@H]2O[C@H]2C1. The lowest BCUT2D eigenvalue weighted by Gasteiger charge is -2.39. The van der Waals surface area contributed by atoms with E-state index < -0.39 is 26.3 Å². The highest BCUT2D eigenvalue weighted by atomic mass is 28.4. The molecule has 0 aromatic rings. The van der Waals surface area contributed by atoms with Crippen molar-refractivity contribution in [2.24, 2.45) is 11.8 Å². The molecule has 6 atom stereocenters. The summed E-state index contributed by atoms with van der Waals surface area (Å²) in [5.41, 5.74) is 2.55. The normalized spacial score (nSPS) is 31.6. The molecular weight excluding hydrogens is 444 g/mol. The van der Waals surface area contributed by atoms with Crippen LogP contribution < -0.4 is 0 Å². The molecule has 0 N–H and O–H groups in total. The van der Waals surface area contributed by atoms with Gasteiger partial charge in [-0.1, -0.05) is 77.2 Å². The fourth-order valence-electron chi connectivity index (χ4n) is 3.73. The maximum Gasteiger partial charge on any atom is 0.313 e. The number of hydrogen-bond donors (Lipinski definition) is 0. The zero-order valence-electron chi connectivity index (χ0n) is 22.4. The Morgan fingerprint density at radius 1 is 1.21 bits per heavy atom. The van der Waals surface area contributed by atoms with Gasteiger partial charge in [-0.25, -0.2) is 0 Å². The van der Waals surface area contributed by atoms with Gasteiger partial charge in [-0.05, 0) is 37.6 Å². The number of hydrogen-bond acceptors (Lipinski definition) is 5. The third kappa shape index (κ3) is 7.37. The quantitative estimate of drug-likeness (QED) is 0.152. The Bertz CT molecular complexity index is 863. The first-order chi connectivity index (χ1) is 15.5. The Labute approximate surface area is 207 Å². The van der Waals surface area contributed by atoms with E-state index in [1.807, 2.05) is 26.0 Å². The smallest absolute Gasteiger partial charge is 0.313 e. The Kier molecular flexibility index (Phi) is 9.11. The minimum Gasteiger partial charge on any atom is -0.457 e. The molecule has 0 aromatic heterocycles. The number of ether oxygens (including phenoxy) is 2. The molecule has 0 aromatic carbocycles. The van der Waals surface area contributed by atoms with Crippen LogP contribution in [0.15, 0.2) is 48.6 Å². The number of Topliss-reactive ketones (excluding diaryl/α,β-unsaturated/α-hetero) is 1. The van der Waals surface area contributed by atoms with E-state index >= 15 is 0 Å². The molecule has 6 heteroatoms. The van der Waals surface area contributed by atoms with Crippen LogP contribution in [0.1, 0.15) is 60.8 Å². The minimum absolute atomic E-state index is 0.00965. The molecule has 0 radical (unpaired) electrons. The van der Waals surface area contributed by atoms with Crippen molar-refractivity contribution in [3.05, 3.63) is 48.6 Å². The van der Waals surface area contributed by atoms with Crippen molar-refractivity contribution in [2.75, 3.05) is 0 Å². The van der Waals surface area contributed by atoms with E-state index in [-0.39, 0.29) is 41.5 Å². The second-order valence-corrected chi connectivity index (χ2v) is 16.4. The van der Waals surface area contributed by atoms with Crippen molar-refractivity contribution < 1.29 is 23.5 Å². The van der Waals surface area contributed by atoms with Gasteiger partial charge in [0.1, 0.15) is 18.6 Å². The van der Waals surface area contributed by atoms with Crippen molar-refractivity contribution in [1.29, 1.82) is 0 Å². The number of cyclic esters (lactones) is 1. The minimum atomic E-state index is -2.08. The standard InChI is InChI=1S/C28H44O5Si/c1-17(2)20(5)23-13-12-18(3)14-24-27(32-24)25(33-34(10,11)28(7,8)9)15-19(4)21(6)22(29)16-26(30)31-23/h12-13,20-21,23-25,27H,1,3-4,14-16H2,2,5-11H3/b13-12+/t20-,21-,23+,24+,25+,27-/m1/s1. The number of allylic oxidation sites excluding steroid dienone is 1. The zero-order chi connectivity index (χ0) is 26.0. The molecule has 2 aliphatic rings. The van der Waals surface area contributed by atoms with Crippen LogP contribution >= 0.6 is 0 Å². The summed E-state index contributed by atoms with van der Waals surface area (Å²) in [6, 6.07) is 0. The first-order valence-corrected chi connectivity index (χ1v) is 15.2. The third-order valence-corrected chi connectivity index (χ3v) is 12.1. The lowest BCUT2D eigenvalue weighted by atomic mass is 9.90. The van der Waals surface area contributed by atoms with E-state index in [1.54, 1.807) is 6.92 Å². The van der Waals surface area contributed by atoms with Gasteiger partial charge in [-0.2, -0.15) is 0 Å². The summed E-state index contributed by atoms with van der Waals surface area (Å²) >= 11 is 0. The van der Waals surface area contributed by atoms with Crippen LogP contribution in [0.2, 0.25) is 18.1 Å². The largest absolute Gasteiger partial charge is 0.457 e. The van der Waals surface area contributed by atoms with Crippen LogP contribution in [0.5, 0.6) is 0 Å². The molecule has 5 nitrogen and oxygen atoms in total. The van der Waals surface area contributed by atoms with E-state index in [0.29, 0.717) is 12.8 Å². The number of carbonyl (C=O) groups is 2. The molecule has 1 fully saturated rings. The molecule has 0 spiro atoms. The summed E-state index contributed by atoms with van der Waals surface area (Å²) in [5, 5.41) is 0.0439. The lowest BCUT2D eigenvalue weighted by Crippen LogP contribution is -2.46. The summed E-state index contributed by atoms with van der Waals surface area (Å²) in [6.45, 7) is 29.1. The van der Waals surface area contributed by atoms with E-state index in [0.717, 1.165) is 16.7 Å². The Morgan fingerprint density at radius 3 is 2.38 bits per heavy atom. The van der Waals surface area contributed by atoms with Gasteiger partial charge in [0.05, 0.1) is 12.2 Å². The fraction of sp³-hybridized carbons (Fsp3) is 0.643. The number of ketones is 1. The molecule has 0 saturated carbocycles. The number of carbonyl (C=O) groups excluding carboxylic acids is 2. The highest BCUT2D eigenvalue weighted by Crippen LogP contribution is 2.42.